The smallest absolute Gasteiger partial charge is 0.418 e. The van der Waals surface area contributed by atoms with Crippen LogP contribution in [0.5, 0.6) is 5.75 Å². The third-order valence-corrected chi connectivity index (χ3v) is 10.6. The lowest BCUT2D eigenvalue weighted by Crippen LogP contribution is -2.76. The summed E-state index contributed by atoms with van der Waals surface area (Å²) < 4.78 is 63.1. The molecule has 2 aliphatic rings. The highest BCUT2D eigenvalue weighted by atomic mass is 32.3. The van der Waals surface area contributed by atoms with Gasteiger partial charge in [-0.1, -0.05) is 11.2 Å². The summed E-state index contributed by atoms with van der Waals surface area (Å²) in [5.74, 6) is -2.44. The molecule has 4 heterocycles. The number of oxime groups is 1. The molecule has 1 unspecified atom stereocenters. The highest BCUT2D eigenvalue weighted by molar-refractivity contribution is 7.80. The zero-order valence-corrected chi connectivity index (χ0v) is 40.7. The zero-order valence-electron chi connectivity index (χ0n) is 39.0. The Morgan fingerprint density at radius 3 is 2.29 bits per heavy atom. The lowest BCUT2D eigenvalue weighted by molar-refractivity contribution is -0.753. The van der Waals surface area contributed by atoms with Gasteiger partial charge in [-0.3, -0.25) is 19.5 Å². The van der Waals surface area contributed by atoms with E-state index in [4.69, 9.17) is 23.8 Å². The molecule has 1 saturated heterocycles. The van der Waals surface area contributed by atoms with Crippen LogP contribution in [0.3, 0.4) is 0 Å². The van der Waals surface area contributed by atoms with Gasteiger partial charge in [0.1, 0.15) is 40.4 Å². The van der Waals surface area contributed by atoms with Gasteiger partial charge < -0.3 is 34.4 Å². The van der Waals surface area contributed by atoms with E-state index in [1.165, 1.54) is 19.2 Å². The Labute approximate surface area is 387 Å². The van der Waals surface area contributed by atoms with E-state index in [0.29, 0.717) is 36.7 Å². The van der Waals surface area contributed by atoms with Gasteiger partial charge in [0.25, 0.3) is 17.9 Å². The van der Waals surface area contributed by atoms with Crippen LogP contribution in [-0.4, -0.2) is 111 Å². The fourth-order valence-corrected chi connectivity index (χ4v) is 7.80. The van der Waals surface area contributed by atoms with Crippen LogP contribution >= 0.6 is 11.3 Å². The number of nitrogens with one attached hydrogen (secondary N) is 3. The number of β-lactam (4-membered cyclic amide) rings is 1. The Kier molecular flexibility index (Phi) is 15.1. The van der Waals surface area contributed by atoms with Crippen molar-refractivity contribution in [3.8, 4) is 16.9 Å². The van der Waals surface area contributed by atoms with Crippen LogP contribution in [0.4, 0.5) is 14.7 Å². The molecule has 0 radical (unpaired) electrons. The van der Waals surface area contributed by atoms with Gasteiger partial charge in [-0.2, -0.15) is 18.2 Å². The van der Waals surface area contributed by atoms with E-state index in [-0.39, 0.29) is 17.2 Å². The standard InChI is InChI=1S/C42H58N8O14S2/c1-39(2,3)60-35(53)31(29-17-15-25-20-24(14-16-28(25)59-29)26-21-48(12)49(22-26)19-13-18-43-37(54)61-40(4,5)6)63-47-30(27-23-65-36(44-27)46-38(55)62-41(7,8)9)33(51)45-32-34(52)50(42(32,10)11)64-66(56,57)58/h14,16,20-23,29,31-32H,13,15,17-19H2,1-12H3,(H3-,43,44,45,46,51,54,55,56,57,58)/p+1/b47-30-/t29-,31?,32-/m1/s1. The molecule has 5 rings (SSSR count). The number of fused-ring (bicyclic) bond motifs is 1. The summed E-state index contributed by atoms with van der Waals surface area (Å²) in [4.78, 5) is 75.6. The molecular weight excluding hydrogens is 905 g/mol. The molecule has 2 aromatic heterocycles. The first-order valence-electron chi connectivity index (χ1n) is 21.0. The number of rotatable bonds is 15. The number of anilines is 1. The normalized spacial score (nSPS) is 17.9. The third kappa shape index (κ3) is 13.8. The number of hydrogen-bond acceptors (Lipinski definition) is 16. The molecule has 362 valence electrons. The van der Waals surface area contributed by atoms with Gasteiger partial charge in [0.15, 0.2) is 17.9 Å². The van der Waals surface area contributed by atoms with Crippen molar-refractivity contribution in [3.63, 3.8) is 0 Å². The van der Waals surface area contributed by atoms with E-state index in [2.05, 4.69) is 30.4 Å². The fourth-order valence-electron chi connectivity index (χ4n) is 6.67. The van der Waals surface area contributed by atoms with Crippen molar-refractivity contribution in [1.29, 1.82) is 0 Å². The summed E-state index contributed by atoms with van der Waals surface area (Å²) in [6, 6.07) is 4.27. The molecule has 2 aliphatic heterocycles. The van der Waals surface area contributed by atoms with Crippen molar-refractivity contribution in [1.82, 2.24) is 25.4 Å². The first-order valence-corrected chi connectivity index (χ1v) is 23.2. The molecule has 1 fully saturated rings. The van der Waals surface area contributed by atoms with E-state index in [1.54, 1.807) is 68.4 Å². The lowest BCUT2D eigenvalue weighted by atomic mass is 9.84. The minimum atomic E-state index is -5.09. The maximum Gasteiger partial charge on any atom is 0.418 e. The number of aryl methyl sites for hydroxylation is 3. The molecule has 24 heteroatoms. The van der Waals surface area contributed by atoms with E-state index < -0.39 is 86.7 Å². The summed E-state index contributed by atoms with van der Waals surface area (Å²) in [5, 5.41) is 13.6. The maximum atomic E-state index is 14.0. The van der Waals surface area contributed by atoms with Crippen LogP contribution in [0, 0.1) is 0 Å². The number of ether oxygens (including phenoxy) is 4. The van der Waals surface area contributed by atoms with Crippen molar-refractivity contribution < 1.29 is 69.7 Å². The maximum absolute atomic E-state index is 14.0. The van der Waals surface area contributed by atoms with Crippen LogP contribution in [0.15, 0.2) is 41.1 Å². The second kappa shape index (κ2) is 19.5. The van der Waals surface area contributed by atoms with Crippen molar-refractivity contribution in [2.75, 3.05) is 11.9 Å². The number of benzene rings is 1. The number of carbonyl (C=O) groups is 5. The second-order valence-corrected chi connectivity index (χ2v) is 21.0. The summed E-state index contributed by atoms with van der Waals surface area (Å²) in [5.41, 5.74) is -1.87. The molecule has 22 nitrogen and oxygen atoms in total. The third-order valence-electron chi connectivity index (χ3n) is 9.55. The largest absolute Gasteiger partial charge is 0.485 e. The SMILES string of the molecule is C[n+]1cc(-c2ccc3c(c2)CC[C@H](C(O/N=C(\C(=O)N[C@@H]2C(=O)N(OS(=O)(=O)O)C2(C)C)c2csc(NC(=O)OC(C)(C)C)n2)C(=O)OC(C)(C)C)O3)cn1CCCNC(=O)OC(C)(C)C. The van der Waals surface area contributed by atoms with Crippen molar-refractivity contribution in [2.45, 2.75) is 143 Å². The van der Waals surface area contributed by atoms with Gasteiger partial charge >= 0.3 is 28.6 Å². The predicted molar refractivity (Wildman–Crippen MR) is 237 cm³/mol. The van der Waals surface area contributed by atoms with Gasteiger partial charge in [0.2, 0.25) is 6.20 Å². The molecule has 0 bridgehead atoms. The van der Waals surface area contributed by atoms with Crippen LogP contribution in [-0.2, 0) is 68.1 Å². The Hall–Kier alpha value is -5.85. The quantitative estimate of drug-likeness (QED) is 0.0241. The van der Waals surface area contributed by atoms with Crippen LogP contribution in [0.25, 0.3) is 11.1 Å². The topological polar surface area (TPSA) is 268 Å². The molecule has 0 saturated carbocycles. The van der Waals surface area contributed by atoms with E-state index in [0.717, 1.165) is 28.0 Å². The number of amides is 4. The Balaban J connectivity index is 1.38. The number of hydrogen-bond donors (Lipinski definition) is 4. The number of hydroxylamine groups is 2. The van der Waals surface area contributed by atoms with E-state index in [1.807, 2.05) is 40.9 Å². The number of thiazole rings is 1. The van der Waals surface area contributed by atoms with Crippen molar-refractivity contribution in [3.05, 3.63) is 47.2 Å². The van der Waals surface area contributed by atoms with Crippen LogP contribution < -0.4 is 25.4 Å². The van der Waals surface area contributed by atoms with Crippen LogP contribution in [0.1, 0.15) is 100 Å². The Morgan fingerprint density at radius 2 is 1.67 bits per heavy atom. The highest BCUT2D eigenvalue weighted by Gasteiger charge is 2.58. The van der Waals surface area contributed by atoms with E-state index in [9.17, 15) is 36.9 Å². The minimum absolute atomic E-state index is 0.000670. The molecule has 0 spiro atoms. The van der Waals surface area contributed by atoms with Gasteiger partial charge in [0.05, 0.1) is 23.8 Å². The number of carbonyl (C=O) groups excluding carboxylic acids is 5. The molecule has 66 heavy (non-hydrogen) atoms. The minimum Gasteiger partial charge on any atom is -0.485 e. The summed E-state index contributed by atoms with van der Waals surface area (Å²) in [6.45, 7) is 19.2. The molecule has 3 atom stereocenters. The van der Waals surface area contributed by atoms with Crippen LogP contribution in [0.2, 0.25) is 0 Å². The fraction of sp³-hybridized carbons (Fsp3) is 0.571. The monoisotopic (exact) mass is 963 g/mol. The molecule has 4 N–H and O–H groups in total. The number of alkyl carbamates (subject to hydrolysis) is 1. The molecule has 3 aromatic rings. The number of aromatic nitrogens is 3. The predicted octanol–water partition coefficient (Wildman–Crippen LogP) is 4.36. The van der Waals surface area contributed by atoms with Gasteiger partial charge in [0, 0.05) is 11.9 Å². The van der Waals surface area contributed by atoms with Gasteiger partial charge in [-0.05, 0) is 119 Å². The van der Waals surface area contributed by atoms with Gasteiger partial charge in [-0.25, -0.2) is 19.4 Å². The Bertz CT molecular complexity index is 2460. The average Bonchev–Trinajstić information content (AvgIpc) is 3.78. The molecule has 1 aromatic carbocycles. The Morgan fingerprint density at radius 1 is 1.02 bits per heavy atom. The molecule has 0 aliphatic carbocycles. The number of nitrogens with zero attached hydrogens (tertiary/aromatic N) is 5. The summed E-state index contributed by atoms with van der Waals surface area (Å²) >= 11 is 0.906. The first kappa shape index (κ1) is 51.1. The lowest BCUT2D eigenvalue weighted by Gasteiger charge is -2.50. The van der Waals surface area contributed by atoms with Crippen molar-refractivity contribution >= 4 is 62.5 Å². The average molecular weight is 964 g/mol. The first-order chi connectivity index (χ1) is 30.4. The van der Waals surface area contributed by atoms with Crippen molar-refractivity contribution in [2.24, 2.45) is 12.2 Å². The highest BCUT2D eigenvalue weighted by Crippen LogP contribution is 2.35. The second-order valence-electron chi connectivity index (χ2n) is 19.1. The van der Waals surface area contributed by atoms with Gasteiger partial charge in [-0.15, -0.1) is 20.3 Å². The summed E-state index contributed by atoms with van der Waals surface area (Å²) in [7, 11) is -3.17. The molecule has 4 amide bonds. The molecular formula is C42H59N8O14S2+. The zero-order chi connectivity index (χ0) is 49.2. The van der Waals surface area contributed by atoms with E-state index >= 15 is 0 Å². The number of esters is 1. The summed E-state index contributed by atoms with van der Waals surface area (Å²) in [6.07, 6.45) is 1.54.